The Kier molecular flexibility index (Phi) is 42.2. The molecular formula is C10H24Cl2NOTi-. The molecule has 0 amide bonds. The summed E-state index contributed by atoms with van der Waals surface area (Å²) in [6.45, 7) is 8.50. The van der Waals surface area contributed by atoms with Crippen LogP contribution in [0.4, 0.5) is 0 Å². The van der Waals surface area contributed by atoms with Crippen LogP contribution in [0.3, 0.4) is 0 Å². The fourth-order valence-corrected chi connectivity index (χ4v) is 0.652. The Bertz CT molecular complexity index is 72.4. The van der Waals surface area contributed by atoms with E-state index < -0.39 is 17.0 Å². The van der Waals surface area contributed by atoms with Gasteiger partial charge in [0.25, 0.3) is 0 Å². The number of aliphatic hydroxyl groups excluding tert-OH is 1. The molecule has 0 aliphatic carbocycles. The van der Waals surface area contributed by atoms with Crippen molar-refractivity contribution in [2.24, 2.45) is 0 Å². The van der Waals surface area contributed by atoms with E-state index in [0.29, 0.717) is 0 Å². The Morgan fingerprint density at radius 1 is 1.00 bits per heavy atom. The first-order valence-electron chi connectivity index (χ1n) is 5.45. The molecule has 0 aliphatic rings. The van der Waals surface area contributed by atoms with E-state index in [1.165, 1.54) is 25.7 Å². The van der Waals surface area contributed by atoms with E-state index in [0.717, 1.165) is 13.1 Å². The van der Waals surface area contributed by atoms with E-state index in [9.17, 15) is 0 Å². The molecule has 0 radical (unpaired) electrons. The Hall–Kier alpha value is 1.21. The molecule has 0 rings (SSSR count). The Morgan fingerprint density at radius 3 is 1.47 bits per heavy atom. The van der Waals surface area contributed by atoms with Crippen LogP contribution >= 0.6 is 18.6 Å². The van der Waals surface area contributed by atoms with Crippen molar-refractivity contribution in [1.82, 2.24) is 0 Å². The monoisotopic (exact) mass is 292 g/mol. The second-order valence-corrected chi connectivity index (χ2v) is 5.34. The molecule has 2 nitrogen and oxygen atoms in total. The first kappa shape index (κ1) is 21.5. The summed E-state index contributed by atoms with van der Waals surface area (Å²) in [5.41, 5.74) is 0. The van der Waals surface area contributed by atoms with Crippen molar-refractivity contribution in [3.8, 4) is 0 Å². The molecular weight excluding hydrogens is 269 g/mol. The third-order valence-corrected chi connectivity index (χ3v) is 1.34. The van der Waals surface area contributed by atoms with Crippen molar-refractivity contribution in [2.45, 2.75) is 46.5 Å². The predicted molar refractivity (Wildman–Crippen MR) is 67.4 cm³/mol. The van der Waals surface area contributed by atoms with Crippen LogP contribution in [0.5, 0.6) is 0 Å². The standard InChI is InChI=1S/C8H18N.C2H6O.2ClH.Ti/c1-3-5-7-9-8-6-4-2;1-2-3;;;/h3-8H2,1-2H3;3H,2H2,1H3;2*1H;/q-1;;;;+2/p-2. The van der Waals surface area contributed by atoms with E-state index in [1.54, 1.807) is 6.92 Å². The average Bonchev–Trinajstić information content (AvgIpc) is 2.20. The van der Waals surface area contributed by atoms with Crippen LogP contribution in [0.2, 0.25) is 0 Å². The van der Waals surface area contributed by atoms with Gasteiger partial charge in [0.15, 0.2) is 0 Å². The van der Waals surface area contributed by atoms with Gasteiger partial charge >= 0.3 is 35.6 Å². The minimum atomic E-state index is -0.556. The SMILES string of the molecule is CCCC[N-]CCCC.CCO.[Cl][Ti][Cl]. The second kappa shape index (κ2) is 29.5. The number of nitrogens with zero attached hydrogens (tertiary/aromatic N) is 1. The fourth-order valence-electron chi connectivity index (χ4n) is 0.652. The molecule has 0 aromatic carbocycles. The van der Waals surface area contributed by atoms with Gasteiger partial charge in [0.1, 0.15) is 0 Å². The third-order valence-electron chi connectivity index (χ3n) is 1.34. The minimum absolute atomic E-state index is 0.250. The van der Waals surface area contributed by atoms with Crippen LogP contribution in [0.15, 0.2) is 0 Å². The van der Waals surface area contributed by atoms with Gasteiger partial charge in [0, 0.05) is 6.61 Å². The molecule has 0 fully saturated rings. The molecule has 1 N–H and O–H groups in total. The predicted octanol–water partition coefficient (Wildman–Crippen LogP) is 4.34. The number of aliphatic hydroxyl groups is 1. The molecule has 0 aliphatic heterocycles. The van der Waals surface area contributed by atoms with E-state index >= 15 is 0 Å². The molecule has 0 saturated heterocycles. The van der Waals surface area contributed by atoms with Crippen molar-refractivity contribution in [2.75, 3.05) is 19.7 Å². The van der Waals surface area contributed by atoms with Crippen LogP contribution in [0.1, 0.15) is 46.5 Å². The Balaban J connectivity index is -0.000000200. The fraction of sp³-hybridized carbons (Fsp3) is 1.00. The summed E-state index contributed by atoms with van der Waals surface area (Å²) in [5.74, 6) is 0. The maximum atomic E-state index is 7.57. The van der Waals surface area contributed by atoms with Crippen molar-refractivity contribution in [1.29, 1.82) is 0 Å². The molecule has 0 aromatic heterocycles. The van der Waals surface area contributed by atoms with Crippen LogP contribution in [0.25, 0.3) is 5.32 Å². The first-order chi connectivity index (χ1) is 7.24. The molecule has 0 heterocycles. The van der Waals surface area contributed by atoms with Crippen LogP contribution in [-0.4, -0.2) is 24.8 Å². The van der Waals surface area contributed by atoms with Gasteiger partial charge in [-0.2, -0.15) is 0 Å². The van der Waals surface area contributed by atoms with Crippen LogP contribution in [-0.2, 0) is 17.0 Å². The molecule has 5 heteroatoms. The molecule has 0 unspecified atom stereocenters. The van der Waals surface area contributed by atoms with Gasteiger partial charge in [-0.05, 0) is 6.92 Å². The Morgan fingerprint density at radius 2 is 1.27 bits per heavy atom. The van der Waals surface area contributed by atoms with E-state index in [2.05, 4.69) is 19.2 Å². The van der Waals surface area contributed by atoms with E-state index in [1.807, 2.05) is 0 Å². The normalized spacial score (nSPS) is 8.13. The Labute approximate surface area is 112 Å². The molecule has 0 saturated carbocycles. The number of hydrogen-bond acceptors (Lipinski definition) is 1. The molecule has 0 bridgehead atoms. The summed E-state index contributed by atoms with van der Waals surface area (Å²) < 4.78 is 0. The van der Waals surface area contributed by atoms with Crippen LogP contribution < -0.4 is 0 Å². The summed E-state index contributed by atoms with van der Waals surface area (Å²) in [6.07, 6.45) is 5.08. The van der Waals surface area contributed by atoms with Crippen molar-refractivity contribution < 1.29 is 22.1 Å². The van der Waals surface area contributed by atoms with Crippen molar-refractivity contribution >= 4 is 18.6 Å². The van der Waals surface area contributed by atoms with Gasteiger partial charge in [0.2, 0.25) is 0 Å². The first-order valence-corrected chi connectivity index (χ1v) is 9.75. The molecule has 0 spiro atoms. The number of rotatable bonds is 6. The zero-order valence-corrected chi connectivity index (χ0v) is 13.2. The zero-order valence-electron chi connectivity index (χ0n) is 10.1. The summed E-state index contributed by atoms with van der Waals surface area (Å²) in [7, 11) is 9.78. The summed E-state index contributed by atoms with van der Waals surface area (Å²) in [5, 5.41) is 11.9. The topological polar surface area (TPSA) is 34.3 Å². The van der Waals surface area contributed by atoms with Gasteiger partial charge in [-0.15, -0.1) is 13.1 Å². The van der Waals surface area contributed by atoms with E-state index in [4.69, 9.17) is 23.7 Å². The van der Waals surface area contributed by atoms with Gasteiger partial charge in [0.05, 0.1) is 0 Å². The summed E-state index contributed by atoms with van der Waals surface area (Å²) in [6, 6.07) is 0. The summed E-state index contributed by atoms with van der Waals surface area (Å²) in [4.78, 5) is 0. The average molecular weight is 293 g/mol. The van der Waals surface area contributed by atoms with Crippen molar-refractivity contribution in [3.63, 3.8) is 0 Å². The maximum absolute atomic E-state index is 7.57. The third kappa shape index (κ3) is 51.0. The molecule has 0 atom stereocenters. The van der Waals surface area contributed by atoms with Gasteiger partial charge in [-0.25, -0.2) is 0 Å². The summed E-state index contributed by atoms with van der Waals surface area (Å²) >= 11 is -0.556. The molecule has 15 heavy (non-hydrogen) atoms. The molecule has 94 valence electrons. The van der Waals surface area contributed by atoms with Gasteiger partial charge in [-0.1, -0.05) is 39.5 Å². The quantitative estimate of drug-likeness (QED) is 0.574. The zero-order chi connectivity index (χ0) is 12.4. The van der Waals surface area contributed by atoms with Crippen molar-refractivity contribution in [3.05, 3.63) is 5.32 Å². The number of unbranched alkanes of at least 4 members (excludes halogenated alkanes) is 2. The number of halogens is 2. The number of hydrogen-bond donors (Lipinski definition) is 1. The second-order valence-electron chi connectivity index (χ2n) is 2.77. The van der Waals surface area contributed by atoms with Gasteiger partial charge in [-0.3, -0.25) is 0 Å². The van der Waals surface area contributed by atoms with E-state index in [-0.39, 0.29) is 6.61 Å². The van der Waals surface area contributed by atoms with Crippen LogP contribution in [0, 0.1) is 0 Å². The van der Waals surface area contributed by atoms with Gasteiger partial charge < -0.3 is 10.4 Å². The molecule has 0 aromatic rings.